The summed E-state index contributed by atoms with van der Waals surface area (Å²) in [5, 5.41) is 3.07. The lowest BCUT2D eigenvalue weighted by molar-refractivity contribution is -0.123. The molecule has 1 aliphatic carbocycles. The van der Waals surface area contributed by atoms with Crippen molar-refractivity contribution >= 4 is 18.3 Å². The van der Waals surface area contributed by atoms with Gasteiger partial charge < -0.3 is 15.8 Å². The number of carbonyl (C=O) groups is 1. The molecular formula is C17H27ClN2O2. The highest BCUT2D eigenvalue weighted by atomic mass is 35.5. The second kappa shape index (κ2) is 7.84. The molecule has 1 fully saturated rings. The van der Waals surface area contributed by atoms with Crippen molar-refractivity contribution in [2.45, 2.75) is 45.6 Å². The molecule has 0 saturated heterocycles. The van der Waals surface area contributed by atoms with Crippen LogP contribution in [0.1, 0.15) is 37.3 Å². The number of carbonyl (C=O) groups excluding carboxylic acids is 1. The molecule has 0 heterocycles. The summed E-state index contributed by atoms with van der Waals surface area (Å²) in [7, 11) is 0. The molecule has 1 saturated carbocycles. The van der Waals surface area contributed by atoms with Gasteiger partial charge in [-0.1, -0.05) is 6.07 Å². The van der Waals surface area contributed by atoms with Crippen molar-refractivity contribution in [2.75, 3.05) is 13.2 Å². The van der Waals surface area contributed by atoms with Crippen LogP contribution < -0.4 is 15.8 Å². The van der Waals surface area contributed by atoms with Gasteiger partial charge in [0.1, 0.15) is 5.75 Å². The van der Waals surface area contributed by atoms with Crippen LogP contribution in [0.25, 0.3) is 0 Å². The molecule has 5 heteroatoms. The zero-order valence-corrected chi connectivity index (χ0v) is 14.5. The van der Waals surface area contributed by atoms with E-state index in [4.69, 9.17) is 10.5 Å². The number of hydrogen-bond donors (Lipinski definition) is 2. The Morgan fingerprint density at radius 1 is 1.36 bits per heavy atom. The number of aryl methyl sites for hydroxylation is 2. The average molecular weight is 327 g/mol. The minimum atomic E-state index is -0.252. The topological polar surface area (TPSA) is 64.3 Å². The monoisotopic (exact) mass is 326 g/mol. The smallest absolute Gasteiger partial charge is 0.223 e. The van der Waals surface area contributed by atoms with Crippen LogP contribution in [0.15, 0.2) is 18.2 Å². The third-order valence-electron chi connectivity index (χ3n) is 4.40. The highest BCUT2D eigenvalue weighted by Gasteiger charge is 2.41. The largest absolute Gasteiger partial charge is 0.493 e. The molecule has 4 nitrogen and oxygen atoms in total. The average Bonchev–Trinajstić information content (AvgIpc) is 3.27. The van der Waals surface area contributed by atoms with Crippen LogP contribution in [0.2, 0.25) is 0 Å². The zero-order valence-electron chi connectivity index (χ0n) is 13.6. The van der Waals surface area contributed by atoms with E-state index in [2.05, 4.69) is 19.2 Å². The molecule has 124 valence electrons. The van der Waals surface area contributed by atoms with E-state index in [-0.39, 0.29) is 23.9 Å². The van der Waals surface area contributed by atoms with Crippen molar-refractivity contribution in [1.29, 1.82) is 0 Å². The number of amides is 1. The number of nitrogens with one attached hydrogen (secondary N) is 1. The van der Waals surface area contributed by atoms with Crippen LogP contribution in [0.3, 0.4) is 0 Å². The lowest BCUT2D eigenvalue weighted by Crippen LogP contribution is -2.53. The number of hydrogen-bond acceptors (Lipinski definition) is 3. The number of halogens is 1. The molecule has 1 atom stereocenters. The van der Waals surface area contributed by atoms with Crippen molar-refractivity contribution in [2.24, 2.45) is 11.7 Å². The Labute approximate surface area is 139 Å². The van der Waals surface area contributed by atoms with Crippen molar-refractivity contribution in [3.8, 4) is 5.75 Å². The molecule has 0 aliphatic heterocycles. The maximum atomic E-state index is 12.0. The summed E-state index contributed by atoms with van der Waals surface area (Å²) in [5.41, 5.74) is 7.98. The van der Waals surface area contributed by atoms with Gasteiger partial charge in [-0.05, 0) is 62.8 Å². The molecule has 1 aromatic carbocycles. The molecule has 0 bridgehead atoms. The molecule has 3 N–H and O–H groups in total. The minimum absolute atomic E-state index is 0. The number of benzene rings is 1. The normalized spacial score (nSPS) is 16.4. The fourth-order valence-electron chi connectivity index (χ4n) is 2.49. The Morgan fingerprint density at radius 2 is 2.05 bits per heavy atom. The highest BCUT2D eigenvalue weighted by Crippen LogP contribution is 2.38. The van der Waals surface area contributed by atoms with Gasteiger partial charge in [0.05, 0.1) is 18.6 Å². The summed E-state index contributed by atoms with van der Waals surface area (Å²) in [6, 6.07) is 5.97. The van der Waals surface area contributed by atoms with Gasteiger partial charge in [0.15, 0.2) is 0 Å². The summed E-state index contributed by atoms with van der Waals surface area (Å²) >= 11 is 0. The summed E-state index contributed by atoms with van der Waals surface area (Å²) in [6.45, 7) is 7.03. The molecule has 0 spiro atoms. The summed E-state index contributed by atoms with van der Waals surface area (Å²) in [6.07, 6.45) is 2.68. The van der Waals surface area contributed by atoms with E-state index in [1.165, 1.54) is 11.1 Å². The van der Waals surface area contributed by atoms with E-state index >= 15 is 0 Å². The fraction of sp³-hybridized carbons (Fsp3) is 0.588. The van der Waals surface area contributed by atoms with Gasteiger partial charge >= 0.3 is 0 Å². The van der Waals surface area contributed by atoms with E-state index in [0.29, 0.717) is 25.5 Å². The Kier molecular flexibility index (Phi) is 6.69. The highest BCUT2D eigenvalue weighted by molar-refractivity contribution is 5.85. The third-order valence-corrected chi connectivity index (χ3v) is 4.40. The maximum absolute atomic E-state index is 12.0. The van der Waals surface area contributed by atoms with Gasteiger partial charge in [-0.15, -0.1) is 12.4 Å². The molecule has 22 heavy (non-hydrogen) atoms. The summed E-state index contributed by atoms with van der Waals surface area (Å²) in [5.74, 6) is 1.36. The van der Waals surface area contributed by atoms with Crippen molar-refractivity contribution in [3.05, 3.63) is 29.3 Å². The van der Waals surface area contributed by atoms with E-state index < -0.39 is 0 Å². The first-order chi connectivity index (χ1) is 9.94. The molecule has 1 amide bonds. The molecule has 0 aromatic heterocycles. The minimum Gasteiger partial charge on any atom is -0.493 e. The molecule has 2 rings (SSSR count). The SMILES string of the molecule is Cc1ccc(OCCC(=O)NC(C)(CN)C2CC2)cc1C.Cl. The van der Waals surface area contributed by atoms with Crippen LogP contribution in [0.4, 0.5) is 0 Å². The van der Waals surface area contributed by atoms with Crippen LogP contribution >= 0.6 is 12.4 Å². The fourth-order valence-corrected chi connectivity index (χ4v) is 2.49. The standard InChI is InChI=1S/C17H26N2O2.ClH/c1-12-4-7-15(10-13(12)2)21-9-8-16(20)19-17(3,11-18)14-5-6-14;/h4,7,10,14H,5-6,8-9,11,18H2,1-3H3,(H,19,20);1H. The lowest BCUT2D eigenvalue weighted by Gasteiger charge is -2.29. The third kappa shape index (κ3) is 4.89. The predicted molar refractivity (Wildman–Crippen MR) is 91.6 cm³/mol. The molecule has 1 unspecified atom stereocenters. The maximum Gasteiger partial charge on any atom is 0.223 e. The van der Waals surface area contributed by atoms with Crippen LogP contribution in [-0.4, -0.2) is 24.6 Å². The van der Waals surface area contributed by atoms with Crippen molar-refractivity contribution in [3.63, 3.8) is 0 Å². The van der Waals surface area contributed by atoms with Gasteiger partial charge in [0.25, 0.3) is 0 Å². The van der Waals surface area contributed by atoms with E-state index in [9.17, 15) is 4.79 Å². The number of nitrogens with two attached hydrogens (primary N) is 1. The van der Waals surface area contributed by atoms with E-state index in [0.717, 1.165) is 18.6 Å². The van der Waals surface area contributed by atoms with Gasteiger partial charge in [0, 0.05) is 6.54 Å². The first-order valence-corrected chi connectivity index (χ1v) is 7.66. The molecule has 0 radical (unpaired) electrons. The van der Waals surface area contributed by atoms with Gasteiger partial charge in [-0.3, -0.25) is 4.79 Å². The number of rotatable bonds is 7. The quantitative estimate of drug-likeness (QED) is 0.809. The van der Waals surface area contributed by atoms with Gasteiger partial charge in [0.2, 0.25) is 5.91 Å². The summed E-state index contributed by atoms with van der Waals surface area (Å²) < 4.78 is 5.64. The van der Waals surface area contributed by atoms with E-state index in [1.54, 1.807) is 0 Å². The zero-order chi connectivity index (χ0) is 15.5. The van der Waals surface area contributed by atoms with Gasteiger partial charge in [-0.2, -0.15) is 0 Å². The van der Waals surface area contributed by atoms with Crippen molar-refractivity contribution in [1.82, 2.24) is 5.32 Å². The second-order valence-corrected chi connectivity index (χ2v) is 6.29. The summed E-state index contributed by atoms with van der Waals surface area (Å²) in [4.78, 5) is 12.0. The molecule has 1 aliphatic rings. The van der Waals surface area contributed by atoms with E-state index in [1.807, 2.05) is 25.1 Å². The first-order valence-electron chi connectivity index (χ1n) is 7.66. The van der Waals surface area contributed by atoms with Gasteiger partial charge in [-0.25, -0.2) is 0 Å². The van der Waals surface area contributed by atoms with Crippen molar-refractivity contribution < 1.29 is 9.53 Å². The Hall–Kier alpha value is -1.26. The predicted octanol–water partition coefficient (Wildman–Crippen LogP) is 2.74. The first kappa shape index (κ1) is 18.8. The lowest BCUT2D eigenvalue weighted by atomic mass is 9.96. The van der Waals surface area contributed by atoms with Crippen LogP contribution in [0, 0.1) is 19.8 Å². The van der Waals surface area contributed by atoms with Crippen LogP contribution in [-0.2, 0) is 4.79 Å². The molecule has 1 aromatic rings. The Bertz CT molecular complexity index is 517. The Balaban J connectivity index is 0.00000242. The second-order valence-electron chi connectivity index (χ2n) is 6.29. The van der Waals surface area contributed by atoms with Crippen LogP contribution in [0.5, 0.6) is 5.75 Å². The molecular weight excluding hydrogens is 300 g/mol. The number of ether oxygens (including phenoxy) is 1. The Morgan fingerprint density at radius 3 is 2.59 bits per heavy atom.